The van der Waals surface area contributed by atoms with Crippen molar-refractivity contribution in [1.82, 2.24) is 14.5 Å². The first-order valence-corrected chi connectivity index (χ1v) is 6.68. The molecule has 4 nitrogen and oxygen atoms in total. The lowest BCUT2D eigenvalue weighted by Crippen LogP contribution is -2.05. The third-order valence-corrected chi connectivity index (χ3v) is 4.17. The van der Waals surface area contributed by atoms with E-state index in [0.717, 1.165) is 26.2 Å². The number of nitrogens with one attached hydrogen (secondary N) is 1. The summed E-state index contributed by atoms with van der Waals surface area (Å²) in [6, 6.07) is 5.75. The highest BCUT2D eigenvalue weighted by Gasteiger charge is 2.07. The highest BCUT2D eigenvalue weighted by atomic mass is 35.5. The van der Waals surface area contributed by atoms with Crippen LogP contribution >= 0.6 is 22.9 Å². The summed E-state index contributed by atoms with van der Waals surface area (Å²) in [4.78, 5) is 8.74. The Morgan fingerprint density at radius 1 is 1.44 bits per heavy atom. The predicted molar refractivity (Wildman–Crippen MR) is 75.2 cm³/mol. The molecule has 0 aliphatic carbocycles. The van der Waals surface area contributed by atoms with E-state index in [1.165, 1.54) is 0 Å². The third kappa shape index (κ3) is 2.07. The first kappa shape index (κ1) is 11.5. The molecule has 1 N–H and O–H groups in total. The minimum atomic E-state index is 0.654. The molecule has 0 aliphatic rings. The Labute approximate surface area is 113 Å². The van der Waals surface area contributed by atoms with E-state index >= 15 is 0 Å². The minimum Gasteiger partial charge on any atom is -0.354 e. The van der Waals surface area contributed by atoms with Gasteiger partial charge in [0.05, 0.1) is 21.8 Å². The summed E-state index contributed by atoms with van der Waals surface area (Å²) in [5.41, 5.74) is 0.926. The molecule has 92 valence electrons. The van der Waals surface area contributed by atoms with Gasteiger partial charge in [0.1, 0.15) is 5.82 Å². The molecule has 1 aromatic carbocycles. The molecule has 0 bridgehead atoms. The normalized spacial score (nSPS) is 11.0. The quantitative estimate of drug-likeness (QED) is 0.799. The zero-order chi connectivity index (χ0) is 12.5. The maximum absolute atomic E-state index is 6.12. The van der Waals surface area contributed by atoms with Crippen LogP contribution in [0.2, 0.25) is 5.02 Å². The summed E-state index contributed by atoms with van der Waals surface area (Å²) in [7, 11) is 1.97. The van der Waals surface area contributed by atoms with Crippen molar-refractivity contribution in [2.75, 3.05) is 5.32 Å². The Bertz CT molecular complexity index is 688. The van der Waals surface area contributed by atoms with Gasteiger partial charge >= 0.3 is 0 Å². The molecular weight excluding hydrogens is 268 g/mol. The molecular formula is C12H11ClN4S. The minimum absolute atomic E-state index is 0.654. The van der Waals surface area contributed by atoms with Crippen molar-refractivity contribution in [3.63, 3.8) is 0 Å². The molecule has 0 saturated carbocycles. The van der Waals surface area contributed by atoms with Crippen LogP contribution in [0.3, 0.4) is 0 Å². The van der Waals surface area contributed by atoms with Crippen molar-refractivity contribution < 1.29 is 0 Å². The van der Waals surface area contributed by atoms with Crippen LogP contribution in [0, 0.1) is 0 Å². The Balaban J connectivity index is 1.83. The predicted octanol–water partition coefficient (Wildman–Crippen LogP) is 3.30. The summed E-state index contributed by atoms with van der Waals surface area (Å²) in [5.74, 6) is 0.973. The fourth-order valence-electron chi connectivity index (χ4n) is 1.71. The number of hydrogen-bond acceptors (Lipinski definition) is 4. The number of hydrogen-bond donors (Lipinski definition) is 1. The molecule has 3 rings (SSSR count). The van der Waals surface area contributed by atoms with Crippen LogP contribution in [0.5, 0.6) is 0 Å². The number of aryl methyl sites for hydroxylation is 1. The SMILES string of the molecule is Cn1ccnc1CNc1nc2cccc(Cl)c2s1. The number of nitrogens with zero attached hydrogens (tertiary/aromatic N) is 3. The van der Waals surface area contributed by atoms with Crippen molar-refractivity contribution in [3.8, 4) is 0 Å². The lowest BCUT2D eigenvalue weighted by Gasteiger charge is -2.01. The first-order valence-electron chi connectivity index (χ1n) is 5.49. The van der Waals surface area contributed by atoms with E-state index in [0.29, 0.717) is 6.54 Å². The average Bonchev–Trinajstić information content (AvgIpc) is 2.93. The van der Waals surface area contributed by atoms with Crippen LogP contribution < -0.4 is 5.32 Å². The number of anilines is 1. The number of thiazole rings is 1. The number of rotatable bonds is 3. The zero-order valence-electron chi connectivity index (χ0n) is 9.72. The van der Waals surface area contributed by atoms with Crippen molar-refractivity contribution in [1.29, 1.82) is 0 Å². The number of imidazole rings is 1. The van der Waals surface area contributed by atoms with E-state index in [1.807, 2.05) is 36.0 Å². The number of halogens is 1. The van der Waals surface area contributed by atoms with E-state index in [1.54, 1.807) is 17.5 Å². The fraction of sp³-hybridized carbons (Fsp3) is 0.167. The van der Waals surface area contributed by atoms with Gasteiger partial charge in [-0.05, 0) is 12.1 Å². The Morgan fingerprint density at radius 3 is 3.06 bits per heavy atom. The number of benzene rings is 1. The Morgan fingerprint density at radius 2 is 2.33 bits per heavy atom. The molecule has 2 aromatic heterocycles. The van der Waals surface area contributed by atoms with Crippen LogP contribution in [0.25, 0.3) is 10.2 Å². The molecule has 0 saturated heterocycles. The number of fused-ring (bicyclic) bond motifs is 1. The summed E-state index contributed by atoms with van der Waals surface area (Å²) in [6.07, 6.45) is 3.71. The molecule has 0 fully saturated rings. The van der Waals surface area contributed by atoms with Crippen LogP contribution in [0.4, 0.5) is 5.13 Å². The van der Waals surface area contributed by atoms with E-state index in [-0.39, 0.29) is 0 Å². The summed E-state index contributed by atoms with van der Waals surface area (Å²) >= 11 is 7.68. The van der Waals surface area contributed by atoms with Crippen LogP contribution in [-0.4, -0.2) is 14.5 Å². The highest BCUT2D eigenvalue weighted by molar-refractivity contribution is 7.22. The van der Waals surface area contributed by atoms with Gasteiger partial charge in [-0.2, -0.15) is 0 Å². The molecule has 0 amide bonds. The molecule has 6 heteroatoms. The van der Waals surface area contributed by atoms with Crippen LogP contribution in [0.1, 0.15) is 5.82 Å². The molecule has 0 unspecified atom stereocenters. The standard InChI is InChI=1S/C12H11ClN4S/c1-17-6-5-14-10(17)7-15-12-16-9-4-2-3-8(13)11(9)18-12/h2-6H,7H2,1H3,(H,15,16). The lowest BCUT2D eigenvalue weighted by molar-refractivity contribution is 0.812. The highest BCUT2D eigenvalue weighted by Crippen LogP contribution is 2.31. The van der Waals surface area contributed by atoms with Gasteiger partial charge in [-0.3, -0.25) is 0 Å². The lowest BCUT2D eigenvalue weighted by atomic mass is 10.3. The number of aromatic nitrogens is 3. The second kappa shape index (κ2) is 4.59. The summed E-state index contributed by atoms with van der Waals surface area (Å²) < 4.78 is 2.99. The fourth-order valence-corrected chi connectivity index (χ4v) is 2.86. The Kier molecular flexibility index (Phi) is 2.93. The maximum Gasteiger partial charge on any atom is 0.184 e. The summed E-state index contributed by atoms with van der Waals surface area (Å²) in [6.45, 7) is 0.654. The van der Waals surface area contributed by atoms with Gasteiger partial charge in [0.25, 0.3) is 0 Å². The van der Waals surface area contributed by atoms with Gasteiger partial charge in [-0.1, -0.05) is 29.0 Å². The van der Waals surface area contributed by atoms with Crippen molar-refractivity contribution in [3.05, 3.63) is 41.4 Å². The molecule has 0 radical (unpaired) electrons. The smallest absolute Gasteiger partial charge is 0.184 e. The van der Waals surface area contributed by atoms with Crippen LogP contribution in [0.15, 0.2) is 30.6 Å². The van der Waals surface area contributed by atoms with Crippen molar-refractivity contribution in [2.45, 2.75) is 6.54 Å². The molecule has 18 heavy (non-hydrogen) atoms. The zero-order valence-corrected chi connectivity index (χ0v) is 11.3. The topological polar surface area (TPSA) is 42.7 Å². The molecule has 0 aliphatic heterocycles. The monoisotopic (exact) mass is 278 g/mol. The van der Waals surface area contributed by atoms with Gasteiger partial charge in [-0.25, -0.2) is 9.97 Å². The van der Waals surface area contributed by atoms with E-state index in [9.17, 15) is 0 Å². The van der Waals surface area contributed by atoms with Crippen LogP contribution in [-0.2, 0) is 13.6 Å². The molecule has 0 spiro atoms. The average molecular weight is 279 g/mol. The second-order valence-electron chi connectivity index (χ2n) is 3.92. The van der Waals surface area contributed by atoms with E-state index < -0.39 is 0 Å². The van der Waals surface area contributed by atoms with E-state index in [4.69, 9.17) is 11.6 Å². The summed E-state index contributed by atoms with van der Waals surface area (Å²) in [5, 5.41) is 4.88. The van der Waals surface area contributed by atoms with Crippen molar-refractivity contribution in [2.24, 2.45) is 7.05 Å². The molecule has 2 heterocycles. The van der Waals surface area contributed by atoms with E-state index in [2.05, 4.69) is 15.3 Å². The van der Waals surface area contributed by atoms with Gasteiger partial charge in [-0.15, -0.1) is 0 Å². The van der Waals surface area contributed by atoms with Gasteiger partial charge in [0.2, 0.25) is 0 Å². The van der Waals surface area contributed by atoms with Gasteiger partial charge < -0.3 is 9.88 Å². The van der Waals surface area contributed by atoms with Gasteiger partial charge in [0, 0.05) is 19.4 Å². The maximum atomic E-state index is 6.12. The molecule has 3 aromatic rings. The molecule has 0 atom stereocenters. The Hall–Kier alpha value is -1.59. The largest absolute Gasteiger partial charge is 0.354 e. The second-order valence-corrected chi connectivity index (χ2v) is 5.32. The third-order valence-electron chi connectivity index (χ3n) is 2.69. The first-order chi connectivity index (χ1) is 8.74. The van der Waals surface area contributed by atoms with Crippen molar-refractivity contribution >= 4 is 38.3 Å². The van der Waals surface area contributed by atoms with Gasteiger partial charge in [0.15, 0.2) is 5.13 Å².